The molecule has 0 aromatic carbocycles. The quantitative estimate of drug-likeness (QED) is 0.660. The molecule has 0 aromatic rings. The summed E-state index contributed by atoms with van der Waals surface area (Å²) in [5.41, 5.74) is -0.776. The Hall–Kier alpha value is 1.74. The van der Waals surface area contributed by atoms with Gasteiger partial charge in [-0.3, -0.25) is 0 Å². The molecular formula is C10H12Cl6. The summed E-state index contributed by atoms with van der Waals surface area (Å²) in [6.45, 7) is 0. The third-order valence-electron chi connectivity index (χ3n) is 4.51. The smallest absolute Gasteiger partial charge is 0.0590 e. The second-order valence-electron chi connectivity index (χ2n) is 4.75. The predicted molar refractivity (Wildman–Crippen MR) is 74.1 cm³/mol. The molecule has 16 heavy (non-hydrogen) atoms. The molecule has 0 heterocycles. The van der Waals surface area contributed by atoms with E-state index >= 15 is 0 Å². The minimum atomic E-state index is -0.446. The van der Waals surface area contributed by atoms with Crippen LogP contribution in [0.4, 0.5) is 0 Å². The van der Waals surface area contributed by atoms with E-state index in [1.807, 2.05) is 0 Å². The van der Waals surface area contributed by atoms with Crippen LogP contribution in [0.1, 0.15) is 6.42 Å². The molecule has 0 saturated heterocycles. The summed E-state index contributed by atoms with van der Waals surface area (Å²) in [6.07, 6.45) is 0.797. The Bertz CT molecular complexity index is 278. The highest BCUT2D eigenvalue weighted by atomic mass is 35.5. The lowest BCUT2D eigenvalue weighted by Crippen LogP contribution is -2.49. The number of rotatable bonds is 3. The molecule has 2 rings (SSSR count). The van der Waals surface area contributed by atoms with Crippen LogP contribution >= 0.6 is 69.6 Å². The lowest BCUT2D eigenvalue weighted by Gasteiger charge is -2.43. The van der Waals surface area contributed by atoms with Crippen LogP contribution in [0.15, 0.2) is 0 Å². The fourth-order valence-corrected chi connectivity index (χ4v) is 7.29. The van der Waals surface area contributed by atoms with Gasteiger partial charge in [0.15, 0.2) is 0 Å². The van der Waals surface area contributed by atoms with E-state index < -0.39 is 5.41 Å². The van der Waals surface area contributed by atoms with Gasteiger partial charge in [0.2, 0.25) is 0 Å². The van der Waals surface area contributed by atoms with Crippen molar-refractivity contribution in [3.63, 3.8) is 0 Å². The van der Waals surface area contributed by atoms with E-state index in [2.05, 4.69) is 0 Å². The van der Waals surface area contributed by atoms with Crippen molar-refractivity contribution in [2.45, 2.75) is 22.6 Å². The van der Waals surface area contributed by atoms with Crippen LogP contribution < -0.4 is 0 Å². The Labute approximate surface area is 126 Å². The zero-order valence-electron chi connectivity index (χ0n) is 8.41. The molecule has 0 aromatic heterocycles. The molecule has 2 fully saturated rings. The maximum Gasteiger partial charge on any atom is 0.0590 e. The molecule has 0 aliphatic heterocycles. The molecule has 0 unspecified atom stereocenters. The van der Waals surface area contributed by atoms with Crippen LogP contribution in [0.25, 0.3) is 0 Å². The highest BCUT2D eigenvalue weighted by Gasteiger charge is 2.74. The van der Waals surface area contributed by atoms with E-state index in [-0.39, 0.29) is 27.5 Å². The van der Waals surface area contributed by atoms with Gasteiger partial charge in [-0.25, -0.2) is 0 Å². The first-order valence-electron chi connectivity index (χ1n) is 5.12. The van der Waals surface area contributed by atoms with Crippen LogP contribution in [-0.4, -0.2) is 33.8 Å². The van der Waals surface area contributed by atoms with Crippen molar-refractivity contribution in [1.29, 1.82) is 0 Å². The molecule has 2 aliphatic carbocycles. The number of alkyl halides is 6. The highest BCUT2D eigenvalue weighted by Crippen LogP contribution is 2.71. The average Bonchev–Trinajstić information content (AvgIpc) is 2.65. The maximum atomic E-state index is 6.43. The number of hydrogen-bond acceptors (Lipinski definition) is 0. The van der Waals surface area contributed by atoms with Crippen LogP contribution in [0.5, 0.6) is 0 Å². The summed E-state index contributed by atoms with van der Waals surface area (Å²) in [5.74, 6) is 1.33. The SMILES string of the molecule is ClCC1(CCl)[C@H]2C[C@H](Cl)[C@]1(CCl)[C@@H](Cl)[C@@H]2Cl. The summed E-state index contributed by atoms with van der Waals surface area (Å²) in [4.78, 5) is 0. The van der Waals surface area contributed by atoms with Crippen molar-refractivity contribution >= 4 is 69.6 Å². The second-order valence-corrected chi connectivity index (χ2v) is 7.06. The van der Waals surface area contributed by atoms with Gasteiger partial charge in [0.1, 0.15) is 0 Å². The Balaban J connectivity index is 2.54. The Kier molecular flexibility index (Phi) is 4.15. The van der Waals surface area contributed by atoms with E-state index in [0.717, 1.165) is 6.42 Å². The van der Waals surface area contributed by atoms with E-state index in [9.17, 15) is 0 Å². The van der Waals surface area contributed by atoms with Crippen LogP contribution in [0, 0.1) is 16.7 Å². The standard InChI is InChI=1S/C10H12Cl6/c11-2-9(3-12)5-1-6(14)10(9,4-13)8(16)7(5)15/h5-8H,1-4H2/t5-,6-,7+,8-,10+/m0/s1. The van der Waals surface area contributed by atoms with E-state index in [4.69, 9.17) is 69.6 Å². The van der Waals surface area contributed by atoms with Gasteiger partial charge in [0.05, 0.1) is 10.8 Å². The first kappa shape index (κ1) is 14.2. The third-order valence-corrected chi connectivity index (χ3v) is 7.82. The van der Waals surface area contributed by atoms with Gasteiger partial charge in [-0.1, -0.05) is 0 Å². The maximum absolute atomic E-state index is 6.43. The third kappa shape index (κ3) is 1.38. The van der Waals surface area contributed by atoms with Crippen molar-refractivity contribution in [1.82, 2.24) is 0 Å². The van der Waals surface area contributed by atoms with Gasteiger partial charge in [-0.15, -0.1) is 69.6 Å². The summed E-state index contributed by atoms with van der Waals surface area (Å²) >= 11 is 37.6. The molecular weight excluding hydrogens is 333 g/mol. The molecule has 0 spiro atoms. The lowest BCUT2D eigenvalue weighted by molar-refractivity contribution is 0.170. The lowest BCUT2D eigenvalue weighted by atomic mass is 9.70. The highest BCUT2D eigenvalue weighted by molar-refractivity contribution is 6.34. The van der Waals surface area contributed by atoms with Gasteiger partial charge >= 0.3 is 0 Å². The minimum absolute atomic E-state index is 0.0926. The molecule has 2 saturated carbocycles. The van der Waals surface area contributed by atoms with Crippen LogP contribution in [0.2, 0.25) is 0 Å². The van der Waals surface area contributed by atoms with Gasteiger partial charge < -0.3 is 0 Å². The zero-order valence-corrected chi connectivity index (χ0v) is 12.9. The first-order valence-corrected chi connectivity index (χ1v) is 8.03. The predicted octanol–water partition coefficient (Wildman–Crippen LogP) is 4.53. The van der Waals surface area contributed by atoms with Crippen LogP contribution in [0.3, 0.4) is 0 Å². The summed E-state index contributed by atoms with van der Waals surface area (Å²) in [6, 6.07) is 0. The van der Waals surface area contributed by atoms with Gasteiger partial charge in [-0.2, -0.15) is 0 Å². The molecule has 94 valence electrons. The van der Waals surface area contributed by atoms with E-state index in [0.29, 0.717) is 17.6 Å². The van der Waals surface area contributed by atoms with Crippen molar-refractivity contribution in [3.05, 3.63) is 0 Å². The molecule has 0 N–H and O–H groups in total. The van der Waals surface area contributed by atoms with Crippen molar-refractivity contribution in [2.24, 2.45) is 16.7 Å². The minimum Gasteiger partial charge on any atom is -0.126 e. The monoisotopic (exact) mass is 342 g/mol. The van der Waals surface area contributed by atoms with Crippen molar-refractivity contribution in [2.75, 3.05) is 17.6 Å². The van der Waals surface area contributed by atoms with Crippen molar-refractivity contribution in [3.8, 4) is 0 Å². The second kappa shape index (κ2) is 4.69. The molecule has 2 aliphatic rings. The Morgan fingerprint density at radius 1 is 0.938 bits per heavy atom. The first-order chi connectivity index (χ1) is 7.51. The molecule has 0 nitrogen and oxygen atoms in total. The number of hydrogen-bond donors (Lipinski definition) is 0. The summed E-state index contributed by atoms with van der Waals surface area (Å²) in [5, 5.41) is -0.497. The summed E-state index contributed by atoms with van der Waals surface area (Å²) < 4.78 is 0. The van der Waals surface area contributed by atoms with Gasteiger partial charge in [-0.05, 0) is 12.3 Å². The molecule has 0 radical (unpaired) electrons. The Morgan fingerprint density at radius 2 is 1.50 bits per heavy atom. The molecule has 5 atom stereocenters. The molecule has 2 bridgehead atoms. The summed E-state index contributed by atoms with van der Waals surface area (Å²) in [7, 11) is 0. The van der Waals surface area contributed by atoms with E-state index in [1.54, 1.807) is 0 Å². The topological polar surface area (TPSA) is 0 Å². The number of halogens is 6. The van der Waals surface area contributed by atoms with Gasteiger partial charge in [0, 0.05) is 33.8 Å². The average molecular weight is 345 g/mol. The fourth-order valence-electron chi connectivity index (χ4n) is 3.46. The normalized spacial score (nSPS) is 49.9. The molecule has 0 amide bonds. The Morgan fingerprint density at radius 3 is 1.88 bits per heavy atom. The number of fused-ring (bicyclic) bond motifs is 2. The fraction of sp³-hybridized carbons (Fsp3) is 1.00. The van der Waals surface area contributed by atoms with Gasteiger partial charge in [0.25, 0.3) is 0 Å². The van der Waals surface area contributed by atoms with Crippen LogP contribution in [-0.2, 0) is 0 Å². The van der Waals surface area contributed by atoms with Crippen molar-refractivity contribution < 1.29 is 0 Å². The largest absolute Gasteiger partial charge is 0.126 e. The molecule has 6 heteroatoms. The van der Waals surface area contributed by atoms with E-state index in [1.165, 1.54) is 0 Å². The zero-order chi connectivity index (χ0) is 12.1.